The van der Waals surface area contributed by atoms with Gasteiger partial charge in [-0.25, -0.2) is 18.0 Å². The Morgan fingerprint density at radius 2 is 1.80 bits per heavy atom. The van der Waals surface area contributed by atoms with Crippen molar-refractivity contribution in [1.29, 1.82) is 4.78 Å². The molecule has 1 heterocycles. The van der Waals surface area contributed by atoms with Crippen LogP contribution in [0.15, 0.2) is 46.9 Å². The number of alkyl halides is 3. The zero-order valence-electron chi connectivity index (χ0n) is 18.6. The molecule has 188 valence electrons. The van der Waals surface area contributed by atoms with Gasteiger partial charge >= 0.3 is 11.9 Å². The number of para-hydroxylation sites is 1. The Bertz CT molecular complexity index is 1340. The molecule has 2 aromatic carbocycles. The summed E-state index contributed by atoms with van der Waals surface area (Å²) in [6, 6.07) is 4.92. The molecule has 0 radical (unpaired) electrons. The first-order valence-corrected chi connectivity index (χ1v) is 11.8. The number of nitrogens with zero attached hydrogens (tertiary/aromatic N) is 3. The van der Waals surface area contributed by atoms with E-state index in [0.717, 1.165) is 30.3 Å². The molecule has 2 N–H and O–H groups in total. The van der Waals surface area contributed by atoms with Crippen LogP contribution in [0.2, 0.25) is 0 Å². The van der Waals surface area contributed by atoms with E-state index in [9.17, 15) is 26.7 Å². The number of aromatic nitrogens is 3. The molecule has 1 unspecified atom stereocenters. The van der Waals surface area contributed by atoms with Crippen LogP contribution in [0.4, 0.5) is 32.0 Å². The number of aryl methyl sites for hydroxylation is 1. The Kier molecular flexibility index (Phi) is 7.58. The minimum atomic E-state index is -4.55. The average molecular weight is 517 g/mol. The Morgan fingerprint density at radius 3 is 2.31 bits per heavy atom. The fourth-order valence-corrected chi connectivity index (χ4v) is 4.14. The molecule has 3 aromatic rings. The number of hydrogen-bond donors (Lipinski definition) is 2. The molecule has 0 fully saturated rings. The molecule has 13 heteroatoms. The van der Waals surface area contributed by atoms with E-state index in [4.69, 9.17) is 4.78 Å². The molecule has 0 aliphatic heterocycles. The second-order valence-electron chi connectivity index (χ2n) is 7.51. The Morgan fingerprint density at radius 1 is 1.17 bits per heavy atom. The lowest BCUT2D eigenvalue weighted by Crippen LogP contribution is -2.25. The van der Waals surface area contributed by atoms with Crippen molar-refractivity contribution in [2.24, 2.45) is 0 Å². The Balaban J connectivity index is 2.14. The summed E-state index contributed by atoms with van der Waals surface area (Å²) in [7, 11) is -1.21. The monoisotopic (exact) mass is 517 g/mol. The third kappa shape index (κ3) is 5.66. The van der Waals surface area contributed by atoms with E-state index < -0.39 is 64.2 Å². The van der Waals surface area contributed by atoms with Crippen LogP contribution in [0.5, 0.6) is 0 Å². The van der Waals surface area contributed by atoms with E-state index in [1.807, 2.05) is 0 Å². The fourth-order valence-electron chi connectivity index (χ4n) is 3.40. The predicted molar refractivity (Wildman–Crippen MR) is 121 cm³/mol. The molecule has 35 heavy (non-hydrogen) atoms. The maximum absolute atomic E-state index is 15.2. The lowest BCUT2D eigenvalue weighted by atomic mass is 9.99. The maximum Gasteiger partial charge on any atom is 0.389 e. The summed E-state index contributed by atoms with van der Waals surface area (Å²) in [6.07, 6.45) is -4.96. The average Bonchev–Trinajstić information content (AvgIpc) is 3.11. The second kappa shape index (κ2) is 10.1. The molecule has 0 aliphatic rings. The Hall–Kier alpha value is -3.35. The first-order chi connectivity index (χ1) is 16.3. The van der Waals surface area contributed by atoms with Crippen molar-refractivity contribution in [2.45, 2.75) is 37.6 Å². The van der Waals surface area contributed by atoms with E-state index in [2.05, 4.69) is 17.0 Å². The van der Waals surface area contributed by atoms with Crippen LogP contribution in [0.1, 0.15) is 24.5 Å². The van der Waals surface area contributed by atoms with Crippen LogP contribution >= 0.6 is 0 Å². The van der Waals surface area contributed by atoms with Crippen LogP contribution in [0.3, 0.4) is 0 Å². The summed E-state index contributed by atoms with van der Waals surface area (Å²) < 4.78 is 92.0. The van der Waals surface area contributed by atoms with Gasteiger partial charge < -0.3 is 5.32 Å². The molecule has 6 nitrogen and oxygen atoms in total. The van der Waals surface area contributed by atoms with Gasteiger partial charge in [-0.15, -0.1) is 5.10 Å². The molecular formula is C22H21F6N5OS. The number of benzene rings is 2. The van der Waals surface area contributed by atoms with Crippen molar-refractivity contribution in [3.05, 3.63) is 76.0 Å². The Labute approximate surface area is 198 Å². The number of halogens is 6. The minimum Gasteiger partial charge on any atom is -0.351 e. The van der Waals surface area contributed by atoms with Crippen molar-refractivity contribution < 1.29 is 26.3 Å². The maximum atomic E-state index is 15.2. The second-order valence-corrected chi connectivity index (χ2v) is 8.89. The van der Waals surface area contributed by atoms with E-state index in [0.29, 0.717) is 4.68 Å². The molecule has 0 saturated carbocycles. The van der Waals surface area contributed by atoms with Gasteiger partial charge in [-0.2, -0.15) is 17.9 Å². The van der Waals surface area contributed by atoms with Crippen LogP contribution < -0.4 is 11.0 Å². The lowest BCUT2D eigenvalue weighted by molar-refractivity contribution is -0.134. The van der Waals surface area contributed by atoms with Crippen molar-refractivity contribution in [2.75, 3.05) is 11.6 Å². The van der Waals surface area contributed by atoms with Crippen molar-refractivity contribution >= 4 is 22.1 Å². The van der Waals surface area contributed by atoms with Gasteiger partial charge in [0.25, 0.3) is 0 Å². The third-order valence-corrected chi connectivity index (χ3v) is 5.91. The van der Waals surface area contributed by atoms with E-state index >= 15 is 4.39 Å². The summed E-state index contributed by atoms with van der Waals surface area (Å²) in [5, 5.41) is 6.46. The van der Waals surface area contributed by atoms with Gasteiger partial charge in [0.2, 0.25) is 5.16 Å². The molecule has 0 spiro atoms. The largest absolute Gasteiger partial charge is 0.389 e. The standard InChI is InChI=1S/C22H21F6N5OS/c1-4-32-20(35(3)29)31-33(21(32)34)18-10-13(8-9-22(26,27)28)14(11-17(18)25)12(2)30-19-15(23)6-5-7-16(19)24/h5-7,10-11,29-30H,2,4,8-9H2,1,3H3. The molecule has 0 aliphatic carbocycles. The van der Waals surface area contributed by atoms with Gasteiger partial charge in [-0.1, -0.05) is 12.6 Å². The predicted octanol–water partition coefficient (Wildman–Crippen LogP) is 5.42. The molecule has 0 bridgehead atoms. The highest BCUT2D eigenvalue weighted by atomic mass is 32.2. The van der Waals surface area contributed by atoms with Crippen molar-refractivity contribution in [1.82, 2.24) is 14.3 Å². The number of rotatable bonds is 8. The van der Waals surface area contributed by atoms with Gasteiger partial charge in [0.15, 0.2) is 0 Å². The van der Waals surface area contributed by atoms with Crippen molar-refractivity contribution in [3.63, 3.8) is 0 Å². The summed E-state index contributed by atoms with van der Waals surface area (Å²) in [6.45, 7) is 5.41. The van der Waals surface area contributed by atoms with Crippen LogP contribution in [-0.2, 0) is 23.7 Å². The summed E-state index contributed by atoms with van der Waals surface area (Å²) in [5.74, 6) is -2.98. The quantitative estimate of drug-likeness (QED) is 0.392. The lowest BCUT2D eigenvalue weighted by Gasteiger charge is -2.17. The third-order valence-electron chi connectivity index (χ3n) is 5.06. The zero-order chi connectivity index (χ0) is 26.1. The summed E-state index contributed by atoms with van der Waals surface area (Å²) in [4.78, 5) is 12.8. The first kappa shape index (κ1) is 26.3. The number of hydrogen-bond acceptors (Lipinski definition) is 4. The van der Waals surface area contributed by atoms with E-state index in [1.165, 1.54) is 10.8 Å². The summed E-state index contributed by atoms with van der Waals surface area (Å²) in [5.41, 5.74) is -2.25. The fraction of sp³-hybridized carbons (Fsp3) is 0.273. The highest BCUT2D eigenvalue weighted by Crippen LogP contribution is 2.30. The summed E-state index contributed by atoms with van der Waals surface area (Å²) >= 11 is 0. The molecular weight excluding hydrogens is 496 g/mol. The number of anilines is 1. The highest BCUT2D eigenvalue weighted by Gasteiger charge is 2.28. The smallest absolute Gasteiger partial charge is 0.351 e. The molecule has 0 saturated heterocycles. The molecule has 3 rings (SSSR count). The minimum absolute atomic E-state index is 0.0751. The zero-order valence-corrected chi connectivity index (χ0v) is 19.5. The van der Waals surface area contributed by atoms with Gasteiger partial charge in [0.05, 0.1) is 0 Å². The SMILES string of the molecule is C=C(Nc1c(F)cccc1F)c1cc(F)c(-n2nc(S(C)=N)n(CC)c2=O)cc1CCC(F)(F)F. The van der Waals surface area contributed by atoms with Crippen LogP contribution in [-0.4, -0.2) is 26.8 Å². The van der Waals surface area contributed by atoms with Gasteiger partial charge in [0, 0.05) is 24.2 Å². The van der Waals surface area contributed by atoms with Gasteiger partial charge in [0.1, 0.15) is 28.8 Å². The van der Waals surface area contributed by atoms with E-state index in [1.54, 1.807) is 6.92 Å². The molecule has 0 amide bonds. The highest BCUT2D eigenvalue weighted by molar-refractivity contribution is 7.85. The normalized spacial score (nSPS) is 12.6. The molecule has 1 aromatic heterocycles. The van der Waals surface area contributed by atoms with Crippen molar-refractivity contribution in [3.8, 4) is 5.69 Å². The topological polar surface area (TPSA) is 75.7 Å². The van der Waals surface area contributed by atoms with Gasteiger partial charge in [-0.05, 0) is 60.1 Å². The molecule has 1 atom stereocenters. The van der Waals surface area contributed by atoms with E-state index in [-0.39, 0.29) is 28.5 Å². The van der Waals surface area contributed by atoms with Crippen LogP contribution in [0, 0.1) is 22.2 Å². The van der Waals surface area contributed by atoms with Crippen LogP contribution in [0.25, 0.3) is 11.4 Å². The number of nitrogens with one attached hydrogen (secondary N) is 2. The first-order valence-electron chi connectivity index (χ1n) is 10.2. The van der Waals surface area contributed by atoms with Gasteiger partial charge in [-0.3, -0.25) is 9.35 Å².